The van der Waals surface area contributed by atoms with Gasteiger partial charge >= 0.3 is 6.18 Å². The Bertz CT molecular complexity index is 1300. The first-order chi connectivity index (χ1) is 16.1. The average Bonchev–Trinajstić information content (AvgIpc) is 3.20. The molecule has 30 heavy (non-hydrogen) atoms. The number of nitrogen functional groups attached to an aromatic ring is 1. The largest absolute Gasteiger partial charge is 0.439 e. The highest BCUT2D eigenvalue weighted by atomic mass is 19.4. The number of ether oxygens (including phenoxy) is 1. The van der Waals surface area contributed by atoms with Crippen LogP contribution in [0.5, 0.6) is 11.6 Å². The minimum atomic E-state index is -4.57. The number of aromatic amines is 1. The van der Waals surface area contributed by atoms with Gasteiger partial charge in [-0.3, -0.25) is 0 Å². The molecule has 0 aliphatic carbocycles. The molecule has 2 aromatic heterocycles. The van der Waals surface area contributed by atoms with E-state index < -0.39 is 11.7 Å². The van der Waals surface area contributed by atoms with Gasteiger partial charge in [-0.05, 0) is 42.5 Å². The summed E-state index contributed by atoms with van der Waals surface area (Å²) in [5.41, 5.74) is -0.383. The van der Waals surface area contributed by atoms with Crippen LogP contribution in [-0.2, 0) is 6.18 Å². The molecule has 0 saturated heterocycles. The van der Waals surface area contributed by atoms with Gasteiger partial charge in [0.1, 0.15) is 5.75 Å². The highest BCUT2D eigenvalue weighted by Crippen LogP contribution is 2.31. The Morgan fingerprint density at radius 1 is 1.13 bits per heavy atom. The monoisotopic (exact) mass is 417 g/mol. The molecule has 0 radical (unpaired) electrons. The van der Waals surface area contributed by atoms with E-state index in [2.05, 4.69) is 20.2 Å². The number of rotatable bonds is 6. The number of nitrogens with one attached hydrogen (secondary N) is 2. The van der Waals surface area contributed by atoms with Crippen molar-refractivity contribution in [3.05, 3.63) is 66.4 Å². The quantitative estimate of drug-likeness (QED) is 0.426. The normalized spacial score (nSPS) is 13.0. The van der Waals surface area contributed by atoms with Crippen molar-refractivity contribution in [2.24, 2.45) is 0 Å². The van der Waals surface area contributed by atoms with Gasteiger partial charge in [-0.2, -0.15) is 18.2 Å². The predicted octanol–water partition coefficient (Wildman–Crippen LogP) is 4.40. The fourth-order valence-corrected chi connectivity index (χ4v) is 2.45. The molecule has 152 valence electrons. The number of anilines is 3. The van der Waals surface area contributed by atoms with Crippen molar-refractivity contribution in [1.29, 1.82) is 0 Å². The van der Waals surface area contributed by atoms with Gasteiger partial charge in [0, 0.05) is 23.5 Å². The smallest absolute Gasteiger partial charge is 0.416 e. The van der Waals surface area contributed by atoms with Gasteiger partial charge in [0.05, 0.1) is 5.56 Å². The van der Waals surface area contributed by atoms with Crippen molar-refractivity contribution in [3.63, 3.8) is 0 Å². The molecule has 4 N–H and O–H groups in total. The fraction of sp³-hybridized carbons (Fsp3) is 0.0526. The summed E-state index contributed by atoms with van der Waals surface area (Å²) in [5.74, 6) is 0.0359. The Morgan fingerprint density at radius 3 is 2.73 bits per heavy atom. The first-order valence-electron chi connectivity index (χ1n) is 10.2. The maximum Gasteiger partial charge on any atom is 0.416 e. The van der Waals surface area contributed by atoms with Crippen LogP contribution >= 0.6 is 0 Å². The van der Waals surface area contributed by atoms with Crippen LogP contribution in [0.1, 0.15) is 5.56 Å². The Hall–Kier alpha value is -4.15. The van der Waals surface area contributed by atoms with Crippen LogP contribution in [0.15, 0.2) is 60.8 Å². The second-order valence-electron chi connectivity index (χ2n) is 5.92. The SMILES string of the molecule is [2H]N([2H])c1nccc(Oc2ccc(-c3nnc(N([2H])c4cccc(C(F)(F)F)c4)n3[2H])cc2)n1. The average molecular weight is 417 g/mol. The zero-order valence-electron chi connectivity index (χ0n) is 18.9. The van der Waals surface area contributed by atoms with Crippen molar-refractivity contribution in [1.82, 2.24) is 25.1 Å². The molecule has 0 amide bonds. The molecular formula is C19H14F3N7O. The highest BCUT2D eigenvalue weighted by molar-refractivity contribution is 5.60. The summed E-state index contributed by atoms with van der Waals surface area (Å²) in [6.45, 7) is 0. The summed E-state index contributed by atoms with van der Waals surface area (Å²) in [6.07, 6.45) is -3.24. The maximum absolute atomic E-state index is 13.0. The van der Waals surface area contributed by atoms with Gasteiger partial charge in [0.15, 0.2) is 11.5 Å². The first-order valence-corrected chi connectivity index (χ1v) is 8.43. The van der Waals surface area contributed by atoms with E-state index in [1.54, 1.807) is 24.3 Å². The third-order valence-corrected chi connectivity index (χ3v) is 3.79. The van der Waals surface area contributed by atoms with Crippen LogP contribution < -0.4 is 15.8 Å². The molecule has 0 atom stereocenters. The summed E-state index contributed by atoms with van der Waals surface area (Å²) in [5, 5.41) is 8.24. The molecule has 0 saturated carbocycles. The first kappa shape index (κ1) is 14.8. The van der Waals surface area contributed by atoms with E-state index in [-0.39, 0.29) is 35.0 Å². The Morgan fingerprint density at radius 2 is 1.97 bits per heavy atom. The van der Waals surface area contributed by atoms with Gasteiger partial charge in [0.2, 0.25) is 17.8 Å². The van der Waals surface area contributed by atoms with E-state index >= 15 is 0 Å². The number of alkyl halides is 3. The van der Waals surface area contributed by atoms with Crippen LogP contribution in [-0.4, -0.2) is 25.1 Å². The number of aromatic nitrogens is 5. The van der Waals surface area contributed by atoms with E-state index in [9.17, 15) is 13.2 Å². The lowest BCUT2D eigenvalue weighted by Crippen LogP contribution is -2.05. The molecule has 2 heterocycles. The van der Waals surface area contributed by atoms with Crippen LogP contribution in [0.3, 0.4) is 0 Å². The molecule has 0 aliphatic heterocycles. The zero-order chi connectivity index (χ0) is 24.5. The third-order valence-electron chi connectivity index (χ3n) is 3.79. The minimum Gasteiger partial charge on any atom is -0.439 e. The summed E-state index contributed by atoms with van der Waals surface area (Å²) in [4.78, 5) is 8.38. The zero-order valence-corrected chi connectivity index (χ0v) is 14.9. The van der Waals surface area contributed by atoms with E-state index in [1.807, 2.05) is 0 Å². The standard InChI is InChI=1S/C19H14F3N7O/c20-19(21,22)12-2-1-3-13(10-12)25-18-27-16(28-29-18)11-4-6-14(7-5-11)30-15-8-9-24-17(23)26-15/h1-10H,(H2,23,24,26)(H2,25,27,28,29)/i/hD4. The summed E-state index contributed by atoms with van der Waals surface area (Å²) < 4.78 is 75.2. The Kier molecular flexibility index (Phi) is 3.80. The summed E-state index contributed by atoms with van der Waals surface area (Å²) in [6, 6.07) is 11.8. The molecule has 0 spiro atoms. The van der Waals surface area contributed by atoms with Gasteiger partial charge in [-0.1, -0.05) is 6.07 Å². The predicted molar refractivity (Wildman–Crippen MR) is 103 cm³/mol. The summed E-state index contributed by atoms with van der Waals surface area (Å²) >= 11 is 0. The van der Waals surface area contributed by atoms with Crippen LogP contribution in [0.2, 0.25) is 5.65 Å². The lowest BCUT2D eigenvalue weighted by molar-refractivity contribution is -0.137. The number of nitrogens with two attached hydrogens (primary N) is 1. The summed E-state index contributed by atoms with van der Waals surface area (Å²) in [7, 11) is 0. The molecule has 0 aliphatic rings. The highest BCUT2D eigenvalue weighted by Gasteiger charge is 2.30. The van der Waals surface area contributed by atoms with E-state index in [4.69, 9.17) is 10.4 Å². The lowest BCUT2D eigenvalue weighted by atomic mass is 10.2. The maximum atomic E-state index is 13.0. The molecule has 0 unspecified atom stereocenters. The van der Waals surface area contributed by atoms with Crippen molar-refractivity contribution in [3.8, 4) is 23.0 Å². The van der Waals surface area contributed by atoms with Gasteiger partial charge in [-0.25, -0.2) is 4.98 Å². The van der Waals surface area contributed by atoms with Crippen molar-refractivity contribution >= 4 is 17.6 Å². The minimum absolute atomic E-state index is 0.0501. The van der Waals surface area contributed by atoms with Crippen LogP contribution in [0.25, 0.3) is 11.4 Å². The van der Waals surface area contributed by atoms with Gasteiger partial charge in [0.25, 0.3) is 0 Å². The molecule has 4 aromatic rings. The van der Waals surface area contributed by atoms with Crippen LogP contribution in [0, 0.1) is 0 Å². The number of nitrogens with zero attached hydrogens (tertiary/aromatic N) is 4. The molecular weight excluding hydrogens is 399 g/mol. The molecule has 4 rings (SSSR count). The third kappa shape index (κ3) is 4.46. The van der Waals surface area contributed by atoms with E-state index in [0.717, 1.165) is 23.2 Å². The van der Waals surface area contributed by atoms with E-state index in [1.165, 1.54) is 18.3 Å². The lowest BCUT2D eigenvalue weighted by Gasteiger charge is -2.08. The topological polar surface area (TPSA) is 115 Å². The second-order valence-corrected chi connectivity index (χ2v) is 5.92. The van der Waals surface area contributed by atoms with Crippen molar-refractivity contribution < 1.29 is 23.6 Å². The second kappa shape index (κ2) is 7.70. The number of H-pyrrole nitrogens is 1. The van der Waals surface area contributed by atoms with Crippen LogP contribution in [0.4, 0.5) is 30.8 Å². The molecule has 0 bridgehead atoms. The fourth-order valence-electron chi connectivity index (χ4n) is 2.45. The van der Waals surface area contributed by atoms with Gasteiger partial charge < -0.3 is 20.7 Å². The molecule has 11 heteroatoms. The molecule has 2 aromatic carbocycles. The Labute approximate surface area is 173 Å². The van der Waals surface area contributed by atoms with E-state index in [0.29, 0.717) is 16.6 Å². The molecule has 0 fully saturated rings. The van der Waals surface area contributed by atoms with Gasteiger partial charge in [-0.15, -0.1) is 10.2 Å². The molecule has 8 nitrogen and oxygen atoms in total. The number of benzene rings is 2. The number of hydrogen-bond donors (Lipinski definition) is 3. The van der Waals surface area contributed by atoms with Crippen molar-refractivity contribution in [2.75, 3.05) is 11.0 Å². The number of halogens is 3. The number of hydrogen-bond acceptors (Lipinski definition) is 7. The Balaban J connectivity index is 1.54. The van der Waals surface area contributed by atoms with Crippen molar-refractivity contribution in [2.45, 2.75) is 6.18 Å².